The number of aryl methyl sites for hydroxylation is 1. The maximum atomic E-state index is 13.4. The van der Waals surface area contributed by atoms with Gasteiger partial charge in [0, 0.05) is 36.3 Å². The zero-order valence-electron chi connectivity index (χ0n) is 18.6. The number of piperidine rings is 2. The first-order valence-electron chi connectivity index (χ1n) is 12.0. The summed E-state index contributed by atoms with van der Waals surface area (Å²) in [6.45, 7) is 6.54. The van der Waals surface area contributed by atoms with Crippen molar-refractivity contribution in [1.82, 2.24) is 14.9 Å². The molecule has 2 aromatic heterocycles. The number of fused-ring (bicyclic) bond motifs is 3. The van der Waals surface area contributed by atoms with E-state index in [-0.39, 0.29) is 23.9 Å². The van der Waals surface area contributed by atoms with E-state index in [0.717, 1.165) is 44.2 Å². The van der Waals surface area contributed by atoms with E-state index >= 15 is 0 Å². The van der Waals surface area contributed by atoms with Gasteiger partial charge in [-0.05, 0) is 73.5 Å². The highest BCUT2D eigenvalue weighted by Gasteiger charge is 2.54. The molecule has 0 spiro atoms. The van der Waals surface area contributed by atoms with E-state index < -0.39 is 5.60 Å². The molecular formula is C25H35N3O2. The highest BCUT2D eigenvalue weighted by Crippen LogP contribution is 2.48. The van der Waals surface area contributed by atoms with Gasteiger partial charge < -0.3 is 15.0 Å². The van der Waals surface area contributed by atoms with Gasteiger partial charge in [0.2, 0.25) is 5.91 Å². The average Bonchev–Trinajstić information content (AvgIpc) is 3.44. The summed E-state index contributed by atoms with van der Waals surface area (Å²) in [7, 11) is 0. The molecule has 4 heterocycles. The number of H-pyrrole nitrogens is 1. The van der Waals surface area contributed by atoms with Gasteiger partial charge in [-0.3, -0.25) is 4.79 Å². The maximum Gasteiger partial charge on any atom is 0.223 e. The molecule has 2 N–H and O–H groups in total. The van der Waals surface area contributed by atoms with Crippen LogP contribution in [0, 0.1) is 0 Å². The second kappa shape index (κ2) is 7.37. The molecule has 5 nitrogen and oxygen atoms in total. The van der Waals surface area contributed by atoms with Crippen LogP contribution in [0.2, 0.25) is 0 Å². The van der Waals surface area contributed by atoms with Crippen LogP contribution in [0.3, 0.4) is 0 Å². The number of rotatable bonds is 7. The molecule has 2 saturated heterocycles. The van der Waals surface area contributed by atoms with Crippen LogP contribution in [-0.2, 0) is 11.2 Å². The smallest absolute Gasteiger partial charge is 0.223 e. The second-order valence-electron chi connectivity index (χ2n) is 10.1. The van der Waals surface area contributed by atoms with Gasteiger partial charge in [0.25, 0.3) is 0 Å². The second-order valence-corrected chi connectivity index (χ2v) is 10.1. The number of carbonyl (C=O) groups excluding carboxylic acids is 1. The van der Waals surface area contributed by atoms with E-state index in [1.54, 1.807) is 0 Å². The minimum absolute atomic E-state index is 0.154. The Bertz CT molecular complexity index is 955. The zero-order valence-corrected chi connectivity index (χ0v) is 18.6. The summed E-state index contributed by atoms with van der Waals surface area (Å²) in [5.41, 5.74) is 4.60. The van der Waals surface area contributed by atoms with E-state index in [9.17, 15) is 9.90 Å². The number of aromatic amines is 1. The topological polar surface area (TPSA) is 69.2 Å². The SMILES string of the molecule is CCCc1cnc2[nH]cc(C(C)CC(=O)N3C(CC)CC4(O)CC3C4)c2c1C1CC1. The van der Waals surface area contributed by atoms with Crippen molar-refractivity contribution in [3.05, 3.63) is 29.1 Å². The first-order valence-corrected chi connectivity index (χ1v) is 12.0. The fourth-order valence-electron chi connectivity index (χ4n) is 6.12. The molecule has 6 rings (SSSR count). The molecule has 2 atom stereocenters. The Hall–Kier alpha value is -1.88. The number of aromatic nitrogens is 2. The summed E-state index contributed by atoms with van der Waals surface area (Å²) < 4.78 is 0. The minimum Gasteiger partial charge on any atom is -0.390 e. The van der Waals surface area contributed by atoms with Crippen LogP contribution in [0.4, 0.5) is 0 Å². The van der Waals surface area contributed by atoms with Crippen molar-refractivity contribution in [3.8, 4) is 0 Å². The number of hydrogen-bond acceptors (Lipinski definition) is 3. The van der Waals surface area contributed by atoms with Crippen molar-refractivity contribution < 1.29 is 9.90 Å². The van der Waals surface area contributed by atoms with E-state index in [0.29, 0.717) is 12.3 Å². The highest BCUT2D eigenvalue weighted by atomic mass is 16.3. The molecule has 4 fully saturated rings. The van der Waals surface area contributed by atoms with Crippen LogP contribution in [0.25, 0.3) is 11.0 Å². The number of amides is 1. The van der Waals surface area contributed by atoms with Crippen molar-refractivity contribution >= 4 is 16.9 Å². The summed E-state index contributed by atoms with van der Waals surface area (Å²) in [5.74, 6) is 1.07. The Kier molecular flexibility index (Phi) is 4.92. The van der Waals surface area contributed by atoms with Crippen molar-refractivity contribution in [1.29, 1.82) is 0 Å². The van der Waals surface area contributed by atoms with Gasteiger partial charge in [-0.25, -0.2) is 4.98 Å². The summed E-state index contributed by atoms with van der Waals surface area (Å²) in [4.78, 5) is 23.6. The van der Waals surface area contributed by atoms with Crippen molar-refractivity contribution in [2.75, 3.05) is 0 Å². The van der Waals surface area contributed by atoms with E-state index in [1.807, 2.05) is 0 Å². The molecule has 2 aliphatic carbocycles. The molecule has 4 aliphatic rings. The van der Waals surface area contributed by atoms with Crippen molar-refractivity contribution in [3.63, 3.8) is 0 Å². The van der Waals surface area contributed by atoms with Crippen LogP contribution >= 0.6 is 0 Å². The standard InChI is InChI=1S/C25H35N3O2/c1-4-6-17-13-26-24-23(22(17)16-7-8-16)20(14-27-24)15(3)9-21(29)28-18(5-2)10-25(30)11-19(28)12-25/h13-16,18-19,30H,4-12H2,1-3H3,(H,26,27). The normalized spacial score (nSPS) is 29.1. The first-order chi connectivity index (χ1) is 14.4. The molecular weight excluding hydrogens is 374 g/mol. The van der Waals surface area contributed by atoms with Gasteiger partial charge >= 0.3 is 0 Å². The Morgan fingerprint density at radius 3 is 2.77 bits per heavy atom. The maximum absolute atomic E-state index is 13.4. The number of nitrogens with zero attached hydrogens (tertiary/aromatic N) is 2. The number of nitrogens with one attached hydrogen (secondary N) is 1. The minimum atomic E-state index is -0.509. The van der Waals surface area contributed by atoms with Gasteiger partial charge in [0.1, 0.15) is 5.65 Å². The predicted molar refractivity (Wildman–Crippen MR) is 119 cm³/mol. The van der Waals surface area contributed by atoms with E-state index in [2.05, 4.69) is 43.0 Å². The molecule has 2 aliphatic heterocycles. The highest BCUT2D eigenvalue weighted by molar-refractivity contribution is 5.87. The largest absolute Gasteiger partial charge is 0.390 e. The molecule has 2 aromatic rings. The Balaban J connectivity index is 1.42. The molecule has 1 amide bonds. The van der Waals surface area contributed by atoms with Gasteiger partial charge in [0.05, 0.1) is 5.60 Å². The van der Waals surface area contributed by atoms with Crippen LogP contribution in [-0.4, -0.2) is 43.6 Å². The van der Waals surface area contributed by atoms with Crippen LogP contribution in [0.5, 0.6) is 0 Å². The van der Waals surface area contributed by atoms with Gasteiger partial charge in [-0.2, -0.15) is 0 Å². The van der Waals surface area contributed by atoms with Crippen molar-refractivity contribution in [2.45, 2.75) is 108 Å². The Morgan fingerprint density at radius 2 is 2.10 bits per heavy atom. The van der Waals surface area contributed by atoms with E-state index in [1.165, 1.54) is 34.9 Å². The van der Waals surface area contributed by atoms with Crippen molar-refractivity contribution in [2.24, 2.45) is 0 Å². The molecule has 0 radical (unpaired) electrons. The molecule has 5 heteroatoms. The zero-order chi connectivity index (χ0) is 21.0. The lowest BCUT2D eigenvalue weighted by Gasteiger charge is -2.58. The number of aliphatic hydroxyl groups is 1. The first kappa shape index (κ1) is 20.0. The number of hydrogen-bond donors (Lipinski definition) is 2. The van der Waals surface area contributed by atoms with E-state index in [4.69, 9.17) is 4.98 Å². The summed E-state index contributed by atoms with van der Waals surface area (Å²) in [6, 6.07) is 0.418. The average molecular weight is 410 g/mol. The van der Waals surface area contributed by atoms with Crippen LogP contribution in [0.15, 0.2) is 12.4 Å². The molecule has 0 aromatic carbocycles. The predicted octanol–water partition coefficient (Wildman–Crippen LogP) is 4.79. The lowest BCUT2D eigenvalue weighted by molar-refractivity contribution is -0.178. The van der Waals surface area contributed by atoms with Crippen LogP contribution < -0.4 is 0 Å². The molecule has 2 unspecified atom stereocenters. The molecule has 162 valence electrons. The van der Waals surface area contributed by atoms with Crippen LogP contribution in [0.1, 0.15) is 101 Å². The van der Waals surface area contributed by atoms with Gasteiger partial charge in [0.15, 0.2) is 0 Å². The lowest BCUT2D eigenvalue weighted by Crippen LogP contribution is -2.67. The summed E-state index contributed by atoms with van der Waals surface area (Å²) >= 11 is 0. The molecule has 2 bridgehead atoms. The Labute approximate surface area is 179 Å². The quantitative estimate of drug-likeness (QED) is 0.691. The molecule has 30 heavy (non-hydrogen) atoms. The number of pyridine rings is 1. The third-order valence-electron chi connectivity index (χ3n) is 7.76. The third-order valence-corrected chi connectivity index (χ3v) is 7.76. The van der Waals surface area contributed by atoms with Gasteiger partial charge in [-0.1, -0.05) is 27.2 Å². The fourth-order valence-corrected chi connectivity index (χ4v) is 6.12. The fraction of sp³-hybridized carbons (Fsp3) is 0.680. The lowest BCUT2D eigenvalue weighted by atomic mass is 9.66. The van der Waals surface area contributed by atoms with Gasteiger partial charge in [-0.15, -0.1) is 0 Å². The molecule has 2 saturated carbocycles. The third kappa shape index (κ3) is 3.26. The monoisotopic (exact) mass is 409 g/mol. The summed E-state index contributed by atoms with van der Waals surface area (Å²) in [5, 5.41) is 11.8. The number of carbonyl (C=O) groups is 1. The summed E-state index contributed by atoms with van der Waals surface area (Å²) in [6.07, 6.45) is 12.6. The Morgan fingerprint density at radius 1 is 1.33 bits per heavy atom.